The van der Waals surface area contributed by atoms with Crippen molar-refractivity contribution in [3.8, 4) is 0 Å². The van der Waals surface area contributed by atoms with Crippen LogP contribution in [0.2, 0.25) is 0 Å². The number of amides is 2. The molecule has 1 saturated carbocycles. The molecular weight excluding hydrogens is 292 g/mol. The van der Waals surface area contributed by atoms with Gasteiger partial charge >= 0.3 is 12.0 Å². The molecule has 1 saturated heterocycles. The van der Waals surface area contributed by atoms with E-state index >= 15 is 0 Å². The molecule has 1 aromatic carbocycles. The molecule has 2 fully saturated rings. The van der Waals surface area contributed by atoms with E-state index in [9.17, 15) is 9.59 Å². The number of likely N-dealkylation sites (tertiary alicyclic amines) is 1. The molecule has 0 aromatic heterocycles. The van der Waals surface area contributed by atoms with Crippen molar-refractivity contribution in [3.05, 3.63) is 35.9 Å². The summed E-state index contributed by atoms with van der Waals surface area (Å²) in [6.07, 6.45) is 4.60. The highest BCUT2D eigenvalue weighted by Gasteiger charge is 2.45. The Balaban J connectivity index is 1.71. The first-order chi connectivity index (χ1) is 11.2. The average Bonchev–Trinajstić information content (AvgIpc) is 2.95. The second kappa shape index (κ2) is 7.02. The Morgan fingerprint density at radius 1 is 1.17 bits per heavy atom. The number of urea groups is 1. The highest BCUT2D eigenvalue weighted by molar-refractivity contribution is 5.76. The van der Waals surface area contributed by atoms with E-state index in [1.807, 2.05) is 11.0 Å². The zero-order valence-corrected chi connectivity index (χ0v) is 13.3. The normalized spacial score (nSPS) is 26.6. The number of hydrogen-bond acceptors (Lipinski definition) is 2. The van der Waals surface area contributed by atoms with Crippen LogP contribution in [0.1, 0.15) is 43.6 Å². The first-order valence-electron chi connectivity index (χ1n) is 8.48. The maximum absolute atomic E-state index is 12.5. The summed E-state index contributed by atoms with van der Waals surface area (Å²) in [7, 11) is 0. The highest BCUT2D eigenvalue weighted by Crippen LogP contribution is 2.44. The van der Waals surface area contributed by atoms with Gasteiger partial charge < -0.3 is 15.3 Å². The number of fused-ring (bicyclic) bond motifs is 1. The molecule has 0 spiro atoms. The molecule has 1 aromatic rings. The van der Waals surface area contributed by atoms with Crippen LogP contribution in [0, 0.1) is 5.92 Å². The van der Waals surface area contributed by atoms with Gasteiger partial charge in [0.15, 0.2) is 0 Å². The Labute approximate surface area is 136 Å². The van der Waals surface area contributed by atoms with Crippen molar-refractivity contribution in [1.29, 1.82) is 0 Å². The first kappa shape index (κ1) is 15.8. The smallest absolute Gasteiger partial charge is 0.317 e. The van der Waals surface area contributed by atoms with Gasteiger partial charge in [-0.3, -0.25) is 4.79 Å². The fraction of sp³-hybridized carbons (Fsp3) is 0.556. The molecule has 2 aliphatic rings. The molecule has 2 N–H and O–H groups in total. The molecule has 1 heterocycles. The molecule has 0 radical (unpaired) electrons. The number of carboxylic acid groups (broad SMARTS) is 1. The maximum atomic E-state index is 12.5. The van der Waals surface area contributed by atoms with E-state index in [2.05, 4.69) is 29.6 Å². The third-order valence-electron chi connectivity index (χ3n) is 5.20. The summed E-state index contributed by atoms with van der Waals surface area (Å²) >= 11 is 0. The van der Waals surface area contributed by atoms with E-state index in [1.165, 1.54) is 24.8 Å². The van der Waals surface area contributed by atoms with Gasteiger partial charge in [0, 0.05) is 25.0 Å². The van der Waals surface area contributed by atoms with Crippen LogP contribution in [0.4, 0.5) is 4.79 Å². The Bertz CT molecular complexity index is 561. The van der Waals surface area contributed by atoms with Crippen molar-refractivity contribution < 1.29 is 14.7 Å². The number of aliphatic carboxylic acids is 1. The van der Waals surface area contributed by atoms with Crippen molar-refractivity contribution >= 4 is 12.0 Å². The first-order valence-corrected chi connectivity index (χ1v) is 8.48. The van der Waals surface area contributed by atoms with Crippen LogP contribution in [0.3, 0.4) is 0 Å². The highest BCUT2D eigenvalue weighted by atomic mass is 16.4. The summed E-state index contributed by atoms with van der Waals surface area (Å²) in [5.41, 5.74) is 1.31. The number of rotatable bonds is 4. The Morgan fingerprint density at radius 2 is 1.91 bits per heavy atom. The summed E-state index contributed by atoms with van der Waals surface area (Å²) in [5, 5.41) is 11.5. The number of nitrogens with zero attached hydrogens (tertiary/aromatic N) is 1. The fourth-order valence-corrected chi connectivity index (χ4v) is 4.14. The molecule has 1 aliphatic heterocycles. The second-order valence-electron chi connectivity index (χ2n) is 6.56. The van der Waals surface area contributed by atoms with Crippen molar-refractivity contribution in [2.24, 2.45) is 5.92 Å². The van der Waals surface area contributed by atoms with Crippen LogP contribution >= 0.6 is 0 Å². The van der Waals surface area contributed by atoms with Gasteiger partial charge in [0.2, 0.25) is 0 Å². The minimum absolute atomic E-state index is 0.0320. The van der Waals surface area contributed by atoms with Crippen LogP contribution in [-0.2, 0) is 4.79 Å². The van der Waals surface area contributed by atoms with Crippen LogP contribution in [0.25, 0.3) is 0 Å². The van der Waals surface area contributed by atoms with E-state index in [4.69, 9.17) is 5.11 Å². The van der Waals surface area contributed by atoms with Crippen LogP contribution in [-0.4, -0.2) is 41.1 Å². The van der Waals surface area contributed by atoms with Crippen molar-refractivity contribution in [2.45, 2.75) is 44.1 Å². The quantitative estimate of drug-likeness (QED) is 0.897. The topological polar surface area (TPSA) is 69.6 Å². The van der Waals surface area contributed by atoms with Gasteiger partial charge in [-0.05, 0) is 24.3 Å². The number of carbonyl (C=O) groups is 2. The van der Waals surface area contributed by atoms with E-state index in [0.29, 0.717) is 17.9 Å². The van der Waals surface area contributed by atoms with Crippen LogP contribution < -0.4 is 5.32 Å². The third kappa shape index (κ3) is 3.49. The molecule has 0 bridgehead atoms. The minimum Gasteiger partial charge on any atom is -0.481 e. The monoisotopic (exact) mass is 316 g/mol. The van der Waals surface area contributed by atoms with E-state index in [0.717, 1.165) is 13.0 Å². The molecule has 124 valence electrons. The molecule has 23 heavy (non-hydrogen) atoms. The number of carbonyl (C=O) groups excluding carboxylic acids is 1. The summed E-state index contributed by atoms with van der Waals surface area (Å²) in [5.74, 6) is 0.0347. The van der Waals surface area contributed by atoms with E-state index in [-0.39, 0.29) is 19.0 Å². The van der Waals surface area contributed by atoms with Gasteiger partial charge in [0.25, 0.3) is 0 Å². The molecule has 1 aliphatic carbocycles. The van der Waals surface area contributed by atoms with E-state index in [1.54, 1.807) is 0 Å². The van der Waals surface area contributed by atoms with Crippen molar-refractivity contribution in [2.75, 3.05) is 13.1 Å². The Kier molecular flexibility index (Phi) is 4.84. The lowest BCUT2D eigenvalue weighted by Crippen LogP contribution is -2.45. The number of hydrogen-bond donors (Lipinski definition) is 2. The number of nitrogens with one attached hydrogen (secondary N) is 1. The number of carboxylic acids is 1. The molecule has 5 nitrogen and oxygen atoms in total. The predicted octanol–water partition coefficient (Wildman–Crippen LogP) is 2.83. The summed E-state index contributed by atoms with van der Waals surface area (Å²) in [6, 6.07) is 10.6. The zero-order valence-electron chi connectivity index (χ0n) is 13.3. The standard InChI is InChI=1S/C18H24N2O3/c21-17(22)10-11-19-18(23)20-12-15(13-6-2-1-3-7-13)14-8-4-5-9-16(14)20/h1-3,6-7,14-16H,4-5,8-12H2,(H,19,23)(H,21,22). The average molecular weight is 316 g/mol. The second-order valence-corrected chi connectivity index (χ2v) is 6.56. The molecule has 3 rings (SSSR count). The van der Waals surface area contributed by atoms with Crippen LogP contribution in [0.15, 0.2) is 30.3 Å². The molecule has 3 atom stereocenters. The minimum atomic E-state index is -0.885. The maximum Gasteiger partial charge on any atom is 0.317 e. The van der Waals surface area contributed by atoms with Crippen molar-refractivity contribution in [1.82, 2.24) is 10.2 Å². The van der Waals surface area contributed by atoms with Gasteiger partial charge in [-0.1, -0.05) is 43.2 Å². The van der Waals surface area contributed by atoms with Crippen LogP contribution in [0.5, 0.6) is 0 Å². The summed E-state index contributed by atoms with van der Waals surface area (Å²) < 4.78 is 0. The molecular formula is C18H24N2O3. The van der Waals surface area contributed by atoms with Gasteiger partial charge in [-0.25, -0.2) is 4.79 Å². The summed E-state index contributed by atoms with van der Waals surface area (Å²) in [4.78, 5) is 25.0. The Morgan fingerprint density at radius 3 is 2.65 bits per heavy atom. The third-order valence-corrected chi connectivity index (χ3v) is 5.20. The number of benzene rings is 1. The van der Waals surface area contributed by atoms with Gasteiger partial charge in [-0.2, -0.15) is 0 Å². The lowest BCUT2D eigenvalue weighted by Gasteiger charge is -2.32. The van der Waals surface area contributed by atoms with Gasteiger partial charge in [-0.15, -0.1) is 0 Å². The van der Waals surface area contributed by atoms with Gasteiger partial charge in [0.1, 0.15) is 0 Å². The summed E-state index contributed by atoms with van der Waals surface area (Å²) in [6.45, 7) is 0.927. The molecule has 2 amide bonds. The zero-order chi connectivity index (χ0) is 16.2. The molecule has 5 heteroatoms. The SMILES string of the molecule is O=C(O)CCNC(=O)N1CC(c2ccccc2)C2CCCCC21. The van der Waals surface area contributed by atoms with Crippen molar-refractivity contribution in [3.63, 3.8) is 0 Å². The lowest BCUT2D eigenvalue weighted by atomic mass is 9.77. The van der Waals surface area contributed by atoms with E-state index < -0.39 is 5.97 Å². The molecule has 3 unspecified atom stereocenters. The fourth-order valence-electron chi connectivity index (χ4n) is 4.14. The predicted molar refractivity (Wildman–Crippen MR) is 87.3 cm³/mol. The van der Waals surface area contributed by atoms with Gasteiger partial charge in [0.05, 0.1) is 6.42 Å². The Hall–Kier alpha value is -2.04. The largest absolute Gasteiger partial charge is 0.481 e. The lowest BCUT2D eigenvalue weighted by molar-refractivity contribution is -0.136.